The molecule has 0 aliphatic heterocycles. The van der Waals surface area contributed by atoms with Crippen molar-refractivity contribution in [2.45, 2.75) is 12.3 Å². The highest BCUT2D eigenvalue weighted by Gasteiger charge is 2.09. The van der Waals surface area contributed by atoms with E-state index in [1.165, 1.54) is 6.07 Å². The van der Waals surface area contributed by atoms with Gasteiger partial charge in [0.2, 0.25) is 0 Å². The van der Waals surface area contributed by atoms with Crippen LogP contribution in [-0.2, 0) is 0 Å². The topological polar surface area (TPSA) is 29.1 Å². The van der Waals surface area contributed by atoms with Crippen LogP contribution in [0.25, 0.3) is 0 Å². The summed E-state index contributed by atoms with van der Waals surface area (Å²) in [5.41, 5.74) is 0.0752. The molecule has 1 atom stereocenters. The molecule has 0 radical (unpaired) electrons. The van der Waals surface area contributed by atoms with E-state index in [-0.39, 0.29) is 17.5 Å². The molecule has 0 heterocycles. The first-order valence-corrected chi connectivity index (χ1v) is 4.81. The molecular weight excluding hydrogens is 224 g/mol. The van der Waals surface area contributed by atoms with E-state index in [4.69, 9.17) is 11.6 Å². The lowest BCUT2D eigenvalue weighted by molar-refractivity contribution is 0.0953. The lowest BCUT2D eigenvalue weighted by Gasteiger charge is -2.06. The highest BCUT2D eigenvalue weighted by atomic mass is 35.5. The highest BCUT2D eigenvalue weighted by Crippen LogP contribution is 2.08. The van der Waals surface area contributed by atoms with Crippen LogP contribution in [0.1, 0.15) is 17.3 Å². The zero-order valence-corrected chi connectivity index (χ0v) is 8.81. The summed E-state index contributed by atoms with van der Waals surface area (Å²) in [6.07, 6.45) is 0. The standard InChI is InChI=1S/C10H10ClF2NO/c1-6(11)5-14-10(15)7-2-3-8(12)9(13)4-7/h2-4,6H,5H2,1H3,(H,14,15). The number of alkyl halides is 1. The van der Waals surface area contributed by atoms with Crippen molar-refractivity contribution in [2.75, 3.05) is 6.54 Å². The van der Waals surface area contributed by atoms with Crippen LogP contribution >= 0.6 is 11.6 Å². The van der Waals surface area contributed by atoms with Crippen LogP contribution in [0.3, 0.4) is 0 Å². The first-order valence-electron chi connectivity index (χ1n) is 4.38. The van der Waals surface area contributed by atoms with Crippen molar-refractivity contribution in [3.05, 3.63) is 35.4 Å². The van der Waals surface area contributed by atoms with Crippen molar-refractivity contribution in [3.8, 4) is 0 Å². The monoisotopic (exact) mass is 233 g/mol. The van der Waals surface area contributed by atoms with Gasteiger partial charge in [0.25, 0.3) is 5.91 Å². The van der Waals surface area contributed by atoms with Gasteiger partial charge in [0, 0.05) is 17.5 Å². The molecule has 1 rings (SSSR count). The molecule has 82 valence electrons. The van der Waals surface area contributed by atoms with Crippen LogP contribution in [0.4, 0.5) is 8.78 Å². The number of hydrogen-bond acceptors (Lipinski definition) is 1. The maximum absolute atomic E-state index is 12.8. The summed E-state index contributed by atoms with van der Waals surface area (Å²) in [5, 5.41) is 2.28. The van der Waals surface area contributed by atoms with Crippen molar-refractivity contribution in [1.82, 2.24) is 5.32 Å². The minimum absolute atomic E-state index is 0.0752. The fourth-order valence-electron chi connectivity index (χ4n) is 0.973. The van der Waals surface area contributed by atoms with Crippen LogP contribution in [-0.4, -0.2) is 17.8 Å². The second-order valence-electron chi connectivity index (χ2n) is 3.12. The molecule has 5 heteroatoms. The largest absolute Gasteiger partial charge is 0.351 e. The molecule has 15 heavy (non-hydrogen) atoms. The summed E-state index contributed by atoms with van der Waals surface area (Å²) >= 11 is 5.62. The van der Waals surface area contributed by atoms with Gasteiger partial charge in [-0.25, -0.2) is 8.78 Å². The Morgan fingerprint density at radius 1 is 1.47 bits per heavy atom. The third kappa shape index (κ3) is 3.47. The number of carbonyl (C=O) groups is 1. The summed E-state index contributed by atoms with van der Waals surface area (Å²) in [4.78, 5) is 11.4. The van der Waals surface area contributed by atoms with Gasteiger partial charge in [0.15, 0.2) is 11.6 Å². The zero-order valence-electron chi connectivity index (χ0n) is 8.06. The number of carbonyl (C=O) groups excluding carboxylic acids is 1. The Labute approximate surface area is 91.2 Å². The zero-order chi connectivity index (χ0) is 11.4. The van der Waals surface area contributed by atoms with Crippen LogP contribution in [0.2, 0.25) is 0 Å². The van der Waals surface area contributed by atoms with Crippen molar-refractivity contribution in [1.29, 1.82) is 0 Å². The fraction of sp³-hybridized carbons (Fsp3) is 0.300. The van der Waals surface area contributed by atoms with Gasteiger partial charge in [-0.15, -0.1) is 11.6 Å². The molecule has 0 aliphatic rings. The van der Waals surface area contributed by atoms with E-state index in [1.54, 1.807) is 6.92 Å². The summed E-state index contributed by atoms with van der Waals surface area (Å²) in [5.74, 6) is -2.49. The highest BCUT2D eigenvalue weighted by molar-refractivity contribution is 6.20. The van der Waals surface area contributed by atoms with Crippen molar-refractivity contribution >= 4 is 17.5 Å². The molecule has 0 aliphatic carbocycles. The van der Waals surface area contributed by atoms with E-state index in [0.717, 1.165) is 12.1 Å². The summed E-state index contributed by atoms with van der Waals surface area (Å²) in [6.45, 7) is 1.99. The number of benzene rings is 1. The smallest absolute Gasteiger partial charge is 0.251 e. The number of rotatable bonds is 3. The Hall–Kier alpha value is -1.16. The number of hydrogen-bond donors (Lipinski definition) is 1. The van der Waals surface area contributed by atoms with Crippen LogP contribution < -0.4 is 5.32 Å². The predicted molar refractivity (Wildman–Crippen MR) is 54.0 cm³/mol. The summed E-state index contributed by atoms with van der Waals surface area (Å²) < 4.78 is 25.3. The molecule has 0 bridgehead atoms. The van der Waals surface area contributed by atoms with E-state index in [9.17, 15) is 13.6 Å². The molecule has 1 unspecified atom stereocenters. The van der Waals surface area contributed by atoms with Gasteiger partial charge in [-0.05, 0) is 25.1 Å². The minimum Gasteiger partial charge on any atom is -0.351 e. The molecule has 0 fully saturated rings. The van der Waals surface area contributed by atoms with Gasteiger partial charge in [0.05, 0.1) is 0 Å². The molecule has 1 aromatic carbocycles. The van der Waals surface area contributed by atoms with E-state index in [1.807, 2.05) is 0 Å². The third-order valence-corrected chi connectivity index (χ3v) is 1.88. The molecule has 0 aromatic heterocycles. The normalized spacial score (nSPS) is 12.3. The summed E-state index contributed by atoms with van der Waals surface area (Å²) in [6, 6.07) is 2.98. The average Bonchev–Trinajstić information content (AvgIpc) is 2.18. The Morgan fingerprint density at radius 2 is 2.13 bits per heavy atom. The van der Waals surface area contributed by atoms with Crippen molar-refractivity contribution in [3.63, 3.8) is 0 Å². The van der Waals surface area contributed by atoms with Crippen molar-refractivity contribution in [2.24, 2.45) is 0 Å². The first kappa shape index (κ1) is 11.9. The SMILES string of the molecule is CC(Cl)CNC(=O)c1ccc(F)c(F)c1. The van der Waals surface area contributed by atoms with Gasteiger partial charge in [-0.2, -0.15) is 0 Å². The number of nitrogens with one attached hydrogen (secondary N) is 1. The lowest BCUT2D eigenvalue weighted by atomic mass is 10.2. The third-order valence-electron chi connectivity index (χ3n) is 1.73. The Bertz CT molecular complexity index is 368. The number of amides is 1. The molecule has 1 N–H and O–H groups in total. The molecule has 1 aromatic rings. The molecule has 1 amide bonds. The predicted octanol–water partition coefficient (Wildman–Crippen LogP) is 2.32. The second kappa shape index (κ2) is 5.07. The van der Waals surface area contributed by atoms with Gasteiger partial charge >= 0.3 is 0 Å². The lowest BCUT2D eigenvalue weighted by Crippen LogP contribution is -2.28. The minimum atomic E-state index is -1.04. The first-order chi connectivity index (χ1) is 7.00. The molecule has 0 saturated heterocycles. The van der Waals surface area contributed by atoms with E-state index < -0.39 is 17.5 Å². The molecule has 0 saturated carbocycles. The fourth-order valence-corrected chi connectivity index (χ4v) is 1.05. The molecule has 2 nitrogen and oxygen atoms in total. The second-order valence-corrected chi connectivity index (χ2v) is 3.86. The Morgan fingerprint density at radius 3 is 2.67 bits per heavy atom. The Kier molecular flexibility index (Phi) is 4.03. The van der Waals surface area contributed by atoms with E-state index >= 15 is 0 Å². The maximum atomic E-state index is 12.8. The average molecular weight is 234 g/mol. The van der Waals surface area contributed by atoms with Crippen LogP contribution in [0.5, 0.6) is 0 Å². The number of halogens is 3. The molecule has 0 spiro atoms. The van der Waals surface area contributed by atoms with Gasteiger partial charge in [0.1, 0.15) is 0 Å². The van der Waals surface area contributed by atoms with Crippen molar-refractivity contribution < 1.29 is 13.6 Å². The van der Waals surface area contributed by atoms with Gasteiger partial charge < -0.3 is 5.32 Å². The van der Waals surface area contributed by atoms with Gasteiger partial charge in [-0.3, -0.25) is 4.79 Å². The van der Waals surface area contributed by atoms with Gasteiger partial charge in [-0.1, -0.05) is 0 Å². The van der Waals surface area contributed by atoms with Crippen LogP contribution in [0, 0.1) is 11.6 Å². The van der Waals surface area contributed by atoms with E-state index in [0.29, 0.717) is 0 Å². The summed E-state index contributed by atoms with van der Waals surface area (Å²) in [7, 11) is 0. The van der Waals surface area contributed by atoms with Crippen LogP contribution in [0.15, 0.2) is 18.2 Å². The van der Waals surface area contributed by atoms with E-state index in [2.05, 4.69) is 5.32 Å². The molecular formula is C10H10ClF2NO. The maximum Gasteiger partial charge on any atom is 0.251 e. The Balaban J connectivity index is 2.70. The quantitative estimate of drug-likeness (QED) is 0.798.